The predicted molar refractivity (Wildman–Crippen MR) is 195 cm³/mol. The summed E-state index contributed by atoms with van der Waals surface area (Å²) in [6.07, 6.45) is -4.04. The number of aryl methyl sites for hydroxylation is 1. The van der Waals surface area contributed by atoms with Crippen molar-refractivity contribution in [2.45, 2.75) is 59.4 Å². The molecule has 0 unspecified atom stereocenters. The van der Waals surface area contributed by atoms with Crippen LogP contribution in [0.5, 0.6) is 5.75 Å². The third-order valence-electron chi connectivity index (χ3n) is 7.21. The largest absolute Gasteiger partial charge is 0.573 e. The van der Waals surface area contributed by atoms with Crippen LogP contribution in [0, 0.1) is 6.92 Å². The number of hydrogen-bond donors (Lipinski definition) is 1. The first kappa shape index (κ1) is 37.5. The number of aliphatic imine (C=N–C) groups is 1. The first-order valence-electron chi connectivity index (χ1n) is 15.8. The van der Waals surface area contributed by atoms with Gasteiger partial charge in [0.05, 0.1) is 29.4 Å². The lowest BCUT2D eigenvalue weighted by molar-refractivity contribution is -0.274. The van der Waals surface area contributed by atoms with Crippen LogP contribution in [0.3, 0.4) is 0 Å². The number of thiocarbonyl (C=S) groups is 1. The molecule has 1 aliphatic heterocycles. The molecule has 16 heteroatoms. The van der Waals surface area contributed by atoms with Crippen LogP contribution in [0.4, 0.5) is 29.3 Å². The van der Waals surface area contributed by atoms with Gasteiger partial charge in [0.2, 0.25) is 5.91 Å². The minimum Gasteiger partial charge on any atom is -0.442 e. The molecule has 0 spiro atoms. The smallest absolute Gasteiger partial charge is 0.442 e. The topological polar surface area (TPSA) is 114 Å². The maximum Gasteiger partial charge on any atom is 0.573 e. The van der Waals surface area contributed by atoms with Gasteiger partial charge in [0.15, 0.2) is 11.0 Å². The average Bonchev–Trinajstić information content (AvgIpc) is 3.67. The Morgan fingerprint density at radius 2 is 1.76 bits per heavy atom. The number of alkyl halides is 3. The van der Waals surface area contributed by atoms with Gasteiger partial charge in [-0.2, -0.15) is 0 Å². The molecule has 268 valence electrons. The van der Waals surface area contributed by atoms with Crippen molar-refractivity contribution in [3.8, 4) is 22.8 Å². The fourth-order valence-corrected chi connectivity index (χ4v) is 6.05. The van der Waals surface area contributed by atoms with Crippen LogP contribution in [0.15, 0.2) is 78.0 Å². The van der Waals surface area contributed by atoms with Crippen molar-refractivity contribution in [3.05, 3.63) is 84.2 Å². The summed E-state index contributed by atoms with van der Waals surface area (Å²) < 4.78 is 48.5. The number of carbonyl (C=O) groups is 2. The van der Waals surface area contributed by atoms with Gasteiger partial charge in [-0.1, -0.05) is 50.0 Å². The Hall–Kier alpha value is -4.80. The van der Waals surface area contributed by atoms with E-state index in [1.807, 2.05) is 25.1 Å². The molecule has 0 radical (unpaired) electrons. The van der Waals surface area contributed by atoms with Crippen molar-refractivity contribution < 1.29 is 32.2 Å². The Balaban J connectivity index is 1.32. The number of aromatic nitrogens is 3. The van der Waals surface area contributed by atoms with Crippen molar-refractivity contribution in [3.63, 3.8) is 0 Å². The lowest BCUT2D eigenvalue weighted by Crippen LogP contribution is -2.47. The van der Waals surface area contributed by atoms with Gasteiger partial charge in [0.25, 0.3) is 0 Å². The number of nitrogens with zero attached hydrogens (tertiary/aromatic N) is 6. The zero-order chi connectivity index (χ0) is 37.1. The summed E-state index contributed by atoms with van der Waals surface area (Å²) in [5, 5.41) is 6.12. The van der Waals surface area contributed by atoms with Crippen molar-refractivity contribution in [2.24, 2.45) is 4.99 Å². The number of benzene rings is 3. The van der Waals surface area contributed by atoms with Crippen LogP contribution in [0.1, 0.15) is 51.7 Å². The number of amides is 2. The van der Waals surface area contributed by atoms with E-state index in [9.17, 15) is 22.8 Å². The maximum absolute atomic E-state index is 13.4. The number of halogens is 3. The fourth-order valence-electron chi connectivity index (χ4n) is 4.96. The Bertz CT molecular complexity index is 1940. The molecule has 2 heterocycles. The van der Waals surface area contributed by atoms with Crippen LogP contribution >= 0.6 is 24.0 Å². The molecule has 11 nitrogen and oxygen atoms in total. The van der Waals surface area contributed by atoms with Crippen LogP contribution < -0.4 is 20.1 Å². The van der Waals surface area contributed by atoms with Gasteiger partial charge in [0.1, 0.15) is 22.7 Å². The Kier molecular flexibility index (Phi) is 11.2. The summed E-state index contributed by atoms with van der Waals surface area (Å²) in [7, 11) is 0. The molecule has 4 aromatic rings. The number of amidine groups is 1. The van der Waals surface area contributed by atoms with Gasteiger partial charge in [0, 0.05) is 5.56 Å². The molecule has 1 aliphatic rings. The Morgan fingerprint density at radius 1 is 1.08 bits per heavy atom. The highest BCUT2D eigenvalue weighted by Gasteiger charge is 2.33. The number of carbonyl (C=O) groups excluding carboxylic acids is 2. The number of hydrogen-bond acceptors (Lipinski definition) is 9. The molecule has 0 atom stereocenters. The van der Waals surface area contributed by atoms with E-state index in [2.05, 4.69) is 39.1 Å². The maximum atomic E-state index is 13.4. The van der Waals surface area contributed by atoms with Crippen LogP contribution in [0.2, 0.25) is 0 Å². The molecule has 51 heavy (non-hydrogen) atoms. The first-order valence-corrected chi connectivity index (χ1v) is 17.2. The van der Waals surface area contributed by atoms with E-state index < -0.39 is 18.1 Å². The second-order valence-electron chi connectivity index (χ2n) is 12.8. The first-order chi connectivity index (χ1) is 24.0. The lowest BCUT2D eigenvalue weighted by Gasteiger charge is -2.28. The van der Waals surface area contributed by atoms with Crippen molar-refractivity contribution in [2.75, 3.05) is 22.2 Å². The molecule has 0 saturated carbocycles. The van der Waals surface area contributed by atoms with E-state index in [-0.39, 0.29) is 34.9 Å². The number of anilines is 2. The molecule has 0 bridgehead atoms. The summed E-state index contributed by atoms with van der Waals surface area (Å²) in [4.78, 5) is 37.1. The summed E-state index contributed by atoms with van der Waals surface area (Å²) in [6, 6.07) is 18.0. The van der Waals surface area contributed by atoms with E-state index in [0.717, 1.165) is 16.8 Å². The highest BCUT2D eigenvalue weighted by molar-refractivity contribution is 8.15. The average molecular weight is 740 g/mol. The molecule has 1 aromatic heterocycles. The summed E-state index contributed by atoms with van der Waals surface area (Å²) in [5.41, 5.74) is 6.54. The molecule has 3 aromatic carbocycles. The Morgan fingerprint density at radius 3 is 2.39 bits per heavy atom. The number of thioether (sulfide) groups is 1. The minimum atomic E-state index is -4.79. The predicted octanol–water partition coefficient (Wildman–Crippen LogP) is 7.97. The molecule has 1 N–H and O–H groups in total. The second kappa shape index (κ2) is 15.2. The molecule has 5 rings (SSSR count). The van der Waals surface area contributed by atoms with Gasteiger partial charge in [-0.3, -0.25) is 9.69 Å². The molecular formula is C35H36F3N7O4S2. The standard InChI is InChI=1S/C35H36F3N7O4S2/c1-21(2)27-16-7-22(3)17-28(27)44-30(46)19-51-32(44)41-29(50)18-40-45(33(47)49-34(4,5)6)25-10-8-23(9-11-25)31-39-20-43(42-31)24-12-14-26(15-13-24)48-35(36,37)38/h7-17,20-21,40H,18-19H2,1-6H3. The van der Waals surface area contributed by atoms with Crippen LogP contribution in [-0.2, 0) is 9.53 Å². The van der Waals surface area contributed by atoms with Gasteiger partial charge in [-0.05, 0) is 99.3 Å². The second-order valence-corrected chi connectivity index (χ2v) is 14.2. The van der Waals surface area contributed by atoms with Gasteiger partial charge < -0.3 is 9.47 Å². The summed E-state index contributed by atoms with van der Waals surface area (Å²) in [6.45, 7) is 11.3. The van der Waals surface area contributed by atoms with E-state index in [0.29, 0.717) is 27.9 Å². The highest BCUT2D eigenvalue weighted by Crippen LogP contribution is 2.34. The summed E-state index contributed by atoms with van der Waals surface area (Å²) >= 11 is 6.91. The van der Waals surface area contributed by atoms with Gasteiger partial charge >= 0.3 is 12.5 Å². The SMILES string of the molecule is Cc1ccc(C(C)C)c(N2C(=O)CSC2=NC(=S)CNN(C(=O)OC(C)(C)C)c2ccc(-c3ncn(-c4ccc(OC(F)(F)F)cc4)n3)cc2)c1. The molecule has 0 aliphatic carbocycles. The third-order valence-corrected chi connectivity index (χ3v) is 8.37. The van der Waals surface area contributed by atoms with Gasteiger partial charge in [-0.25, -0.2) is 29.9 Å². The third kappa shape index (κ3) is 9.71. The molecular weight excluding hydrogens is 704 g/mol. The van der Waals surface area contributed by atoms with E-state index in [1.54, 1.807) is 49.9 Å². The van der Waals surface area contributed by atoms with Crippen molar-refractivity contribution >= 4 is 57.5 Å². The zero-order valence-corrected chi connectivity index (χ0v) is 30.3. The van der Waals surface area contributed by atoms with Crippen LogP contribution in [0.25, 0.3) is 17.1 Å². The highest BCUT2D eigenvalue weighted by atomic mass is 32.2. The van der Waals surface area contributed by atoms with E-state index >= 15 is 0 Å². The van der Waals surface area contributed by atoms with Crippen molar-refractivity contribution in [1.29, 1.82) is 0 Å². The molecule has 2 amide bonds. The monoisotopic (exact) mass is 739 g/mol. The Labute approximate surface area is 302 Å². The van der Waals surface area contributed by atoms with Crippen molar-refractivity contribution in [1.82, 2.24) is 20.2 Å². The fraction of sp³-hybridized carbons (Fsp3) is 0.314. The van der Waals surface area contributed by atoms with E-state index in [1.165, 1.54) is 52.0 Å². The number of ether oxygens (including phenoxy) is 2. The van der Waals surface area contributed by atoms with Gasteiger partial charge in [-0.15, -0.1) is 18.3 Å². The number of nitrogens with one attached hydrogen (secondary N) is 1. The molecule has 1 fully saturated rings. The zero-order valence-electron chi connectivity index (χ0n) is 28.7. The minimum absolute atomic E-state index is 0.0218. The number of rotatable bonds is 9. The quantitative estimate of drug-likeness (QED) is 0.135. The van der Waals surface area contributed by atoms with E-state index in [4.69, 9.17) is 17.0 Å². The molecule has 1 saturated heterocycles. The lowest BCUT2D eigenvalue weighted by atomic mass is 9.99. The van der Waals surface area contributed by atoms with Crippen LogP contribution in [-0.4, -0.2) is 61.2 Å². The summed E-state index contributed by atoms with van der Waals surface area (Å²) in [5.74, 6) is 0.304. The number of hydrazine groups is 1. The normalized spacial score (nSPS) is 14.4.